The molecule has 4 fully saturated rings. The number of carbonyl (C=O) groups is 4. The van der Waals surface area contributed by atoms with Crippen LogP contribution in [0.5, 0.6) is 17.2 Å². The Bertz CT molecular complexity index is 2050. The maximum absolute atomic E-state index is 14.8. The molecular formula is C41H41ClFN3O7. The number of hydrogen-bond acceptors (Lipinski definition) is 8. The van der Waals surface area contributed by atoms with Gasteiger partial charge in [-0.05, 0) is 62.3 Å². The lowest BCUT2D eigenvalue weighted by atomic mass is 9.51. The zero-order valence-corrected chi connectivity index (χ0v) is 30.5. The molecule has 3 saturated heterocycles. The van der Waals surface area contributed by atoms with Crippen molar-refractivity contribution in [2.24, 2.45) is 29.1 Å². The van der Waals surface area contributed by atoms with Gasteiger partial charge in [-0.3, -0.25) is 29.0 Å². The number of aromatic hydroxyl groups is 1. The summed E-state index contributed by atoms with van der Waals surface area (Å²) in [6.07, 6.45) is 3.68. The average Bonchev–Trinajstić information content (AvgIpc) is 3.53. The molecule has 12 heteroatoms. The topological polar surface area (TPSA) is 117 Å². The monoisotopic (exact) mass is 741 g/mol. The first kappa shape index (κ1) is 35.3. The van der Waals surface area contributed by atoms with Crippen LogP contribution >= 0.6 is 11.6 Å². The number of imide groups is 2. The van der Waals surface area contributed by atoms with Gasteiger partial charge in [-0.1, -0.05) is 53.6 Å². The van der Waals surface area contributed by atoms with E-state index in [2.05, 4.69) is 17.0 Å². The molecule has 53 heavy (non-hydrogen) atoms. The van der Waals surface area contributed by atoms with Gasteiger partial charge < -0.3 is 14.6 Å². The fraction of sp³-hybridized carbons (Fsp3) is 0.415. The molecule has 6 atom stereocenters. The van der Waals surface area contributed by atoms with E-state index in [-0.39, 0.29) is 58.5 Å². The Kier molecular flexibility index (Phi) is 8.85. The van der Waals surface area contributed by atoms with Crippen LogP contribution in [0.3, 0.4) is 0 Å². The number of phenolic OH excluding ortho intramolecular Hbond substituents is 1. The third-order valence-electron chi connectivity index (χ3n) is 12.5. The predicted molar refractivity (Wildman–Crippen MR) is 194 cm³/mol. The Morgan fingerprint density at radius 2 is 1.66 bits per heavy atom. The fourth-order valence-electron chi connectivity index (χ4n) is 9.92. The Hall–Kier alpha value is -4.74. The second kappa shape index (κ2) is 13.3. The molecule has 10 nitrogen and oxygen atoms in total. The number of rotatable bonds is 7. The number of nitrogens with zero attached hydrogens (tertiary/aromatic N) is 3. The molecule has 4 amide bonds. The number of allylic oxidation sites excluding steroid dienone is 2. The van der Waals surface area contributed by atoms with Crippen molar-refractivity contribution in [3.8, 4) is 17.2 Å². The molecule has 3 heterocycles. The molecular weight excluding hydrogens is 701 g/mol. The summed E-state index contributed by atoms with van der Waals surface area (Å²) in [7, 11) is 2.90. The Labute approximate surface area is 312 Å². The molecule has 3 aliphatic heterocycles. The van der Waals surface area contributed by atoms with Gasteiger partial charge in [0.05, 0.1) is 48.1 Å². The second-order valence-corrected chi connectivity index (χ2v) is 15.5. The fourth-order valence-corrected chi connectivity index (χ4v) is 10.1. The number of benzene rings is 3. The molecule has 8 rings (SSSR count). The van der Waals surface area contributed by atoms with Crippen molar-refractivity contribution >= 4 is 40.9 Å². The number of ether oxygens (including phenoxy) is 2. The number of phenols is 1. The number of piperidine rings is 1. The van der Waals surface area contributed by atoms with Crippen molar-refractivity contribution in [2.75, 3.05) is 32.2 Å². The summed E-state index contributed by atoms with van der Waals surface area (Å²) in [5, 5.41) is 11.4. The molecule has 0 unspecified atom stereocenters. The second-order valence-electron chi connectivity index (χ2n) is 15.1. The van der Waals surface area contributed by atoms with Gasteiger partial charge in [0.1, 0.15) is 23.1 Å². The molecule has 0 spiro atoms. The van der Waals surface area contributed by atoms with Crippen molar-refractivity contribution in [1.82, 2.24) is 9.80 Å². The highest BCUT2D eigenvalue weighted by Gasteiger charge is 2.68. The molecule has 5 aliphatic rings. The van der Waals surface area contributed by atoms with Gasteiger partial charge in [0, 0.05) is 49.3 Å². The molecule has 1 N–H and O–H groups in total. The molecule has 0 radical (unpaired) electrons. The van der Waals surface area contributed by atoms with Crippen LogP contribution in [0, 0.1) is 34.9 Å². The van der Waals surface area contributed by atoms with Crippen LogP contribution in [0.1, 0.15) is 49.7 Å². The molecule has 1 saturated carbocycles. The quantitative estimate of drug-likeness (QED) is 0.228. The Morgan fingerprint density at radius 3 is 2.34 bits per heavy atom. The number of fused-ring (bicyclic) bond motifs is 4. The van der Waals surface area contributed by atoms with E-state index in [9.17, 15) is 28.7 Å². The van der Waals surface area contributed by atoms with E-state index < -0.39 is 52.6 Å². The zero-order chi connectivity index (χ0) is 37.3. The van der Waals surface area contributed by atoms with Gasteiger partial charge in [-0.15, -0.1) is 0 Å². The largest absolute Gasteiger partial charge is 0.507 e. The molecule has 3 aromatic rings. The summed E-state index contributed by atoms with van der Waals surface area (Å²) in [6.45, 7) is 4.00. The number of anilines is 1. The summed E-state index contributed by atoms with van der Waals surface area (Å²) in [5.41, 5.74) is 0.879. The lowest BCUT2D eigenvalue weighted by Gasteiger charge is -2.49. The van der Waals surface area contributed by atoms with Crippen LogP contribution in [0.2, 0.25) is 5.02 Å². The SMILES string of the molecule is COc1cc(O)c([C@H]2C3=CC[C@@H]4C(=O)N(C5CCN(Cc6ccccc6)CC5)C(=O)[C@@H]4[C@@H]3C[C@H]3C(=O)N(c4ccc(F)c(Cl)c4)C(=O)[C@@]23C)c(OC)c1. The molecule has 0 aromatic heterocycles. The van der Waals surface area contributed by atoms with Gasteiger partial charge in [-0.2, -0.15) is 0 Å². The number of amides is 4. The van der Waals surface area contributed by atoms with Crippen LogP contribution < -0.4 is 14.4 Å². The van der Waals surface area contributed by atoms with Gasteiger partial charge in [0.2, 0.25) is 23.6 Å². The maximum Gasteiger partial charge on any atom is 0.241 e. The summed E-state index contributed by atoms with van der Waals surface area (Å²) in [4.78, 5) is 63.0. The number of methoxy groups -OCH3 is 2. The molecule has 276 valence electrons. The molecule has 2 aliphatic carbocycles. The first-order valence-electron chi connectivity index (χ1n) is 18.1. The van der Waals surface area contributed by atoms with Gasteiger partial charge in [0.15, 0.2) is 0 Å². The van der Waals surface area contributed by atoms with Gasteiger partial charge >= 0.3 is 0 Å². The van der Waals surface area contributed by atoms with E-state index in [0.717, 1.165) is 30.6 Å². The van der Waals surface area contributed by atoms with Crippen molar-refractivity contribution in [2.45, 2.75) is 51.1 Å². The van der Waals surface area contributed by atoms with E-state index in [4.69, 9.17) is 21.1 Å². The minimum absolute atomic E-state index is 0.124. The third-order valence-corrected chi connectivity index (χ3v) is 12.8. The van der Waals surface area contributed by atoms with Crippen molar-refractivity contribution in [3.63, 3.8) is 0 Å². The molecule has 0 bridgehead atoms. The zero-order valence-electron chi connectivity index (χ0n) is 29.8. The van der Waals surface area contributed by atoms with E-state index in [1.54, 1.807) is 13.0 Å². The van der Waals surface area contributed by atoms with Crippen LogP contribution in [0.4, 0.5) is 10.1 Å². The van der Waals surface area contributed by atoms with E-state index in [1.807, 2.05) is 24.3 Å². The van der Waals surface area contributed by atoms with E-state index in [0.29, 0.717) is 24.2 Å². The first-order chi connectivity index (χ1) is 25.5. The lowest BCUT2D eigenvalue weighted by molar-refractivity contribution is -0.144. The maximum atomic E-state index is 14.8. The standard InChI is InChI=1S/C41H41ClFN3O7/c1-41-29(38(49)46(40(41)51)24-9-12-31(43)30(42)17-24)20-28-26(36(41)35-32(47)18-25(52-2)19-33(35)53-3)10-11-27-34(28)39(50)45(37(27)48)23-13-15-44(16-14-23)21-22-7-5-4-6-8-22/h4-10,12,17-19,23,27-29,34,36,47H,11,13-16,20-21H2,1-3H3/t27-,28+,29-,34-,36+,41+/m0/s1. The lowest BCUT2D eigenvalue weighted by Crippen LogP contribution is -2.49. The normalized spacial score (nSPS) is 28.8. The molecule has 3 aromatic carbocycles. The first-order valence-corrected chi connectivity index (χ1v) is 18.5. The summed E-state index contributed by atoms with van der Waals surface area (Å²) in [6, 6.07) is 16.7. The highest BCUT2D eigenvalue weighted by molar-refractivity contribution is 6.31. The predicted octanol–water partition coefficient (Wildman–Crippen LogP) is 6.10. The van der Waals surface area contributed by atoms with Crippen molar-refractivity contribution < 1.29 is 38.1 Å². The minimum atomic E-state index is -1.45. The van der Waals surface area contributed by atoms with Crippen LogP contribution in [0.25, 0.3) is 0 Å². The van der Waals surface area contributed by atoms with Gasteiger partial charge in [0.25, 0.3) is 0 Å². The van der Waals surface area contributed by atoms with E-state index in [1.165, 1.54) is 42.9 Å². The average molecular weight is 742 g/mol. The number of hydrogen-bond donors (Lipinski definition) is 1. The number of carbonyl (C=O) groups excluding carboxylic acids is 4. The van der Waals surface area contributed by atoms with Crippen LogP contribution in [-0.4, -0.2) is 71.9 Å². The smallest absolute Gasteiger partial charge is 0.241 e. The number of halogens is 2. The highest BCUT2D eigenvalue weighted by atomic mass is 35.5. The highest BCUT2D eigenvalue weighted by Crippen LogP contribution is 2.65. The summed E-state index contributed by atoms with van der Waals surface area (Å²) >= 11 is 6.13. The van der Waals surface area contributed by atoms with Crippen LogP contribution in [-0.2, 0) is 25.7 Å². The minimum Gasteiger partial charge on any atom is -0.507 e. The van der Waals surface area contributed by atoms with Crippen LogP contribution in [0.15, 0.2) is 72.3 Å². The van der Waals surface area contributed by atoms with Gasteiger partial charge in [-0.25, -0.2) is 9.29 Å². The van der Waals surface area contributed by atoms with Crippen molar-refractivity contribution in [3.05, 3.63) is 94.3 Å². The number of likely N-dealkylation sites (tertiary alicyclic amines) is 2. The Morgan fingerprint density at radius 1 is 0.925 bits per heavy atom. The van der Waals surface area contributed by atoms with Crippen molar-refractivity contribution in [1.29, 1.82) is 0 Å². The third kappa shape index (κ3) is 5.45. The summed E-state index contributed by atoms with van der Waals surface area (Å²) < 4.78 is 25.4. The Balaban J connectivity index is 1.17. The summed E-state index contributed by atoms with van der Waals surface area (Å²) in [5.74, 6) is -5.59. The van der Waals surface area contributed by atoms with E-state index >= 15 is 0 Å².